The van der Waals surface area contributed by atoms with Gasteiger partial charge in [-0.3, -0.25) is 19.8 Å². The van der Waals surface area contributed by atoms with Crippen LogP contribution in [-0.2, 0) is 9.53 Å². The molecule has 0 aromatic heterocycles. The normalized spacial score (nSPS) is 18.1. The highest BCUT2D eigenvalue weighted by Crippen LogP contribution is 2.27. The second-order valence-corrected chi connectivity index (χ2v) is 12.1. The van der Waals surface area contributed by atoms with Crippen molar-refractivity contribution in [2.24, 2.45) is 17.6 Å². The molecule has 8 nitrogen and oxygen atoms in total. The standard InChI is InChI=1S/C31H43ClN4O4/c1-22(34-30(39)40-31(2,3)4)19-24(9-14-33)21-35-15-12-26(13-16-35)29(38)36-17-10-23(11-18-36)20-28(37)25-5-7-27(32)8-6-25/h5-9,14,19,23,26H,1,10-13,15-18,20-21,33H2,2-4H3,(H,34,39)/b14-9-,24-19+. The lowest BCUT2D eigenvalue weighted by Crippen LogP contribution is -2.45. The third-order valence-corrected chi connectivity index (χ3v) is 7.49. The topological polar surface area (TPSA) is 105 Å². The first-order valence-corrected chi connectivity index (χ1v) is 14.4. The molecule has 0 atom stereocenters. The first kappa shape index (κ1) is 31.4. The van der Waals surface area contributed by atoms with E-state index in [1.165, 1.54) is 6.20 Å². The van der Waals surface area contributed by atoms with Crippen molar-refractivity contribution in [3.63, 3.8) is 0 Å². The molecule has 1 aromatic carbocycles. The smallest absolute Gasteiger partial charge is 0.412 e. The maximum atomic E-state index is 13.2. The second kappa shape index (κ2) is 14.5. The Labute approximate surface area is 243 Å². The molecule has 0 saturated carbocycles. The molecule has 2 saturated heterocycles. The number of halogens is 1. The van der Waals surface area contributed by atoms with Crippen molar-refractivity contribution in [1.82, 2.24) is 15.1 Å². The van der Waals surface area contributed by atoms with E-state index < -0.39 is 11.7 Å². The fraction of sp³-hybridized carbons (Fsp3) is 0.516. The molecule has 3 rings (SSSR count). The van der Waals surface area contributed by atoms with Crippen LogP contribution in [0.1, 0.15) is 63.2 Å². The van der Waals surface area contributed by atoms with Crippen LogP contribution in [0.25, 0.3) is 0 Å². The molecule has 0 spiro atoms. The lowest BCUT2D eigenvalue weighted by atomic mass is 9.88. The number of ether oxygens (including phenoxy) is 1. The molecule has 0 radical (unpaired) electrons. The fourth-order valence-corrected chi connectivity index (χ4v) is 5.32. The number of nitrogens with zero attached hydrogens (tertiary/aromatic N) is 2. The van der Waals surface area contributed by atoms with E-state index in [1.807, 2.05) is 4.90 Å². The summed E-state index contributed by atoms with van der Waals surface area (Å²) in [7, 11) is 0. The molecule has 0 aliphatic carbocycles. The van der Waals surface area contributed by atoms with Gasteiger partial charge in [0, 0.05) is 48.3 Å². The van der Waals surface area contributed by atoms with Crippen LogP contribution in [0.4, 0.5) is 4.79 Å². The summed E-state index contributed by atoms with van der Waals surface area (Å²) in [6.07, 6.45) is 8.30. The number of piperidine rings is 2. The van der Waals surface area contributed by atoms with E-state index in [1.54, 1.807) is 57.2 Å². The van der Waals surface area contributed by atoms with Gasteiger partial charge in [-0.25, -0.2) is 4.79 Å². The highest BCUT2D eigenvalue weighted by molar-refractivity contribution is 6.30. The number of amides is 2. The Morgan fingerprint density at radius 2 is 1.70 bits per heavy atom. The average molecular weight is 571 g/mol. The van der Waals surface area contributed by atoms with Crippen LogP contribution in [0, 0.1) is 11.8 Å². The summed E-state index contributed by atoms with van der Waals surface area (Å²) in [5.41, 5.74) is 7.08. The number of Topliss-reactive ketones (excluding diaryl/α,β-unsaturated/α-hetero) is 1. The van der Waals surface area contributed by atoms with Crippen molar-refractivity contribution >= 4 is 29.4 Å². The number of alkyl carbamates (subject to hydrolysis) is 1. The maximum Gasteiger partial charge on any atom is 0.412 e. The average Bonchev–Trinajstić information content (AvgIpc) is 2.88. The van der Waals surface area contributed by atoms with Gasteiger partial charge < -0.3 is 15.4 Å². The zero-order chi connectivity index (χ0) is 29.3. The molecule has 2 fully saturated rings. The Morgan fingerprint density at radius 3 is 2.27 bits per heavy atom. The Balaban J connectivity index is 1.43. The molecular weight excluding hydrogens is 528 g/mol. The van der Waals surface area contributed by atoms with Crippen LogP contribution in [0.3, 0.4) is 0 Å². The van der Waals surface area contributed by atoms with Gasteiger partial charge in [-0.2, -0.15) is 0 Å². The summed E-state index contributed by atoms with van der Waals surface area (Å²) in [5, 5.41) is 3.27. The van der Waals surface area contributed by atoms with Crippen molar-refractivity contribution < 1.29 is 19.1 Å². The lowest BCUT2D eigenvalue weighted by molar-refractivity contribution is -0.138. The van der Waals surface area contributed by atoms with E-state index in [2.05, 4.69) is 16.8 Å². The van der Waals surface area contributed by atoms with E-state index in [-0.39, 0.29) is 17.6 Å². The third-order valence-electron chi connectivity index (χ3n) is 7.24. The van der Waals surface area contributed by atoms with Crippen LogP contribution >= 0.6 is 11.6 Å². The molecule has 2 aliphatic rings. The predicted octanol–water partition coefficient (Wildman–Crippen LogP) is 5.30. The number of nitrogens with one attached hydrogen (secondary N) is 1. The number of hydrogen-bond donors (Lipinski definition) is 2. The minimum absolute atomic E-state index is 0.0183. The number of carbonyl (C=O) groups excluding carboxylic acids is 3. The van der Waals surface area contributed by atoms with Gasteiger partial charge in [0.2, 0.25) is 5.91 Å². The highest BCUT2D eigenvalue weighted by Gasteiger charge is 2.31. The molecule has 40 heavy (non-hydrogen) atoms. The van der Waals surface area contributed by atoms with Crippen molar-refractivity contribution in [1.29, 1.82) is 0 Å². The van der Waals surface area contributed by atoms with Gasteiger partial charge in [-0.05, 0) is 114 Å². The van der Waals surface area contributed by atoms with Crippen LogP contribution in [-0.4, -0.2) is 65.9 Å². The number of likely N-dealkylation sites (tertiary alicyclic amines) is 2. The number of hydrogen-bond acceptors (Lipinski definition) is 6. The molecular formula is C31H43ClN4O4. The summed E-state index contributed by atoms with van der Waals surface area (Å²) in [4.78, 5) is 42.2. The number of carbonyl (C=O) groups is 3. The van der Waals surface area contributed by atoms with Crippen molar-refractivity contribution in [3.8, 4) is 0 Å². The van der Waals surface area contributed by atoms with Crippen molar-refractivity contribution in [2.45, 2.75) is 58.5 Å². The summed E-state index contributed by atoms with van der Waals surface area (Å²) in [6, 6.07) is 7.04. The van der Waals surface area contributed by atoms with Crippen molar-refractivity contribution in [2.75, 3.05) is 32.7 Å². The van der Waals surface area contributed by atoms with E-state index in [0.29, 0.717) is 48.3 Å². The number of ketones is 1. The van der Waals surface area contributed by atoms with Gasteiger partial charge in [-0.15, -0.1) is 0 Å². The Morgan fingerprint density at radius 1 is 1.07 bits per heavy atom. The quantitative estimate of drug-likeness (QED) is 0.308. The van der Waals surface area contributed by atoms with Gasteiger partial charge in [0.15, 0.2) is 5.78 Å². The molecule has 9 heteroatoms. The zero-order valence-corrected chi connectivity index (χ0v) is 24.7. The largest absolute Gasteiger partial charge is 0.444 e. The molecule has 3 N–H and O–H groups in total. The summed E-state index contributed by atoms with van der Waals surface area (Å²) in [6.45, 7) is 13.0. The predicted molar refractivity (Wildman–Crippen MR) is 159 cm³/mol. The van der Waals surface area contributed by atoms with Gasteiger partial charge in [0.1, 0.15) is 5.60 Å². The maximum absolute atomic E-state index is 13.2. The Kier molecular flexibility index (Phi) is 11.4. The highest BCUT2D eigenvalue weighted by atomic mass is 35.5. The van der Waals surface area contributed by atoms with Crippen LogP contribution in [0.15, 0.2) is 60.5 Å². The number of nitrogens with two attached hydrogens (primary N) is 1. The summed E-state index contributed by atoms with van der Waals surface area (Å²) in [5.74, 6) is 0.685. The van der Waals surface area contributed by atoms with E-state index >= 15 is 0 Å². The second-order valence-electron chi connectivity index (χ2n) is 11.7. The lowest BCUT2D eigenvalue weighted by Gasteiger charge is -2.37. The molecule has 0 bridgehead atoms. The Bertz CT molecular complexity index is 1110. The van der Waals surface area contributed by atoms with E-state index in [0.717, 1.165) is 44.3 Å². The van der Waals surface area contributed by atoms with Crippen LogP contribution in [0.5, 0.6) is 0 Å². The molecule has 0 unspecified atom stereocenters. The molecule has 218 valence electrons. The van der Waals surface area contributed by atoms with E-state index in [4.69, 9.17) is 22.1 Å². The number of allylic oxidation sites excluding steroid dienone is 1. The minimum Gasteiger partial charge on any atom is -0.444 e. The Hall–Kier alpha value is -3.10. The molecule has 2 heterocycles. The number of rotatable bonds is 9. The summed E-state index contributed by atoms with van der Waals surface area (Å²) >= 11 is 5.93. The molecule has 2 amide bonds. The van der Waals surface area contributed by atoms with Crippen LogP contribution in [0.2, 0.25) is 5.02 Å². The molecule has 1 aromatic rings. The zero-order valence-electron chi connectivity index (χ0n) is 24.0. The van der Waals surface area contributed by atoms with E-state index in [9.17, 15) is 14.4 Å². The SMILES string of the molecule is C=C(/C=C(\C=C/N)CN1CCC(C(=O)N2CCC(CC(=O)c3ccc(Cl)cc3)CC2)CC1)NC(=O)OC(C)(C)C. The molecule has 2 aliphatic heterocycles. The van der Waals surface area contributed by atoms with Gasteiger partial charge >= 0.3 is 6.09 Å². The minimum atomic E-state index is -0.594. The third kappa shape index (κ3) is 10.1. The monoisotopic (exact) mass is 570 g/mol. The summed E-state index contributed by atoms with van der Waals surface area (Å²) < 4.78 is 5.28. The van der Waals surface area contributed by atoms with Gasteiger partial charge in [-0.1, -0.05) is 18.2 Å². The first-order chi connectivity index (χ1) is 18.9. The fourth-order valence-electron chi connectivity index (χ4n) is 5.19. The van der Waals surface area contributed by atoms with Gasteiger partial charge in [0.25, 0.3) is 0 Å². The number of benzene rings is 1. The first-order valence-electron chi connectivity index (χ1n) is 14.0. The van der Waals surface area contributed by atoms with Gasteiger partial charge in [0.05, 0.1) is 0 Å². The van der Waals surface area contributed by atoms with Crippen LogP contribution < -0.4 is 11.1 Å². The van der Waals surface area contributed by atoms with Crippen molar-refractivity contribution in [3.05, 3.63) is 71.1 Å².